The van der Waals surface area contributed by atoms with E-state index in [1.54, 1.807) is 0 Å². The molecule has 2 atom stereocenters. The summed E-state index contributed by atoms with van der Waals surface area (Å²) in [7, 11) is 0. The zero-order valence-corrected chi connectivity index (χ0v) is 9.36. The van der Waals surface area contributed by atoms with Crippen LogP contribution in [0.25, 0.3) is 0 Å². The van der Waals surface area contributed by atoms with Gasteiger partial charge in [-0.25, -0.2) is 4.39 Å². The van der Waals surface area contributed by atoms with Crippen LogP contribution in [0.3, 0.4) is 0 Å². The Hall–Kier alpha value is 0.200. The Bertz CT molecular complexity index is 172. The Morgan fingerprint density at radius 2 is 2.21 bits per heavy atom. The largest absolute Gasteiger partial charge is 0.314 e. The molecule has 0 bridgehead atoms. The van der Waals surface area contributed by atoms with Crippen LogP contribution in [0.1, 0.15) is 12.8 Å². The number of halogens is 1. The van der Waals surface area contributed by atoms with E-state index in [1.165, 1.54) is 17.9 Å². The highest BCUT2D eigenvalue weighted by Crippen LogP contribution is 2.19. The van der Waals surface area contributed by atoms with E-state index in [2.05, 4.69) is 10.2 Å². The van der Waals surface area contributed by atoms with Crippen LogP contribution in [0.4, 0.5) is 4.39 Å². The summed E-state index contributed by atoms with van der Waals surface area (Å²) in [6.07, 6.45) is 1.54. The molecule has 2 aliphatic rings. The molecule has 2 aliphatic heterocycles. The van der Waals surface area contributed by atoms with Gasteiger partial charge in [-0.15, -0.1) is 0 Å². The Morgan fingerprint density at radius 3 is 3.07 bits per heavy atom. The third-order valence-corrected chi connectivity index (χ3v) is 4.15. The molecule has 2 heterocycles. The molecule has 0 saturated carbocycles. The molecular weight excluding hydrogens is 199 g/mol. The van der Waals surface area contributed by atoms with Gasteiger partial charge >= 0.3 is 0 Å². The van der Waals surface area contributed by atoms with E-state index in [1.807, 2.05) is 11.8 Å². The molecule has 0 aliphatic carbocycles. The summed E-state index contributed by atoms with van der Waals surface area (Å²) >= 11 is 2.00. The molecule has 0 aromatic rings. The molecule has 0 aromatic carbocycles. The molecule has 4 heteroatoms. The van der Waals surface area contributed by atoms with Crippen molar-refractivity contribution in [3.63, 3.8) is 0 Å². The zero-order valence-electron chi connectivity index (χ0n) is 8.54. The first kappa shape index (κ1) is 10.7. The summed E-state index contributed by atoms with van der Waals surface area (Å²) in [5.41, 5.74) is 0. The number of thioether (sulfide) groups is 1. The Kier molecular flexibility index (Phi) is 4.08. The molecule has 2 saturated heterocycles. The summed E-state index contributed by atoms with van der Waals surface area (Å²) in [6, 6.07) is 0.190. The van der Waals surface area contributed by atoms with Gasteiger partial charge in [0, 0.05) is 24.9 Å². The van der Waals surface area contributed by atoms with Crippen molar-refractivity contribution in [1.82, 2.24) is 10.2 Å². The van der Waals surface area contributed by atoms with Crippen LogP contribution < -0.4 is 5.32 Å². The van der Waals surface area contributed by atoms with E-state index in [-0.39, 0.29) is 6.04 Å². The standard InChI is InChI=1S/C10H19FN2S/c11-9-8-12-3-2-10(9)13-4-1-6-14-7-5-13/h9-10,12H,1-8H2. The Morgan fingerprint density at radius 1 is 1.29 bits per heavy atom. The van der Waals surface area contributed by atoms with Crippen LogP contribution in [0.5, 0.6) is 0 Å². The maximum absolute atomic E-state index is 13.7. The quantitative estimate of drug-likeness (QED) is 0.710. The maximum Gasteiger partial charge on any atom is 0.128 e. The zero-order chi connectivity index (χ0) is 9.80. The summed E-state index contributed by atoms with van der Waals surface area (Å²) < 4.78 is 13.7. The number of alkyl halides is 1. The molecule has 2 unspecified atom stereocenters. The van der Waals surface area contributed by atoms with E-state index in [0.29, 0.717) is 6.54 Å². The lowest BCUT2D eigenvalue weighted by molar-refractivity contribution is 0.0908. The summed E-state index contributed by atoms with van der Waals surface area (Å²) in [5.74, 6) is 2.43. The minimum atomic E-state index is -0.660. The lowest BCUT2D eigenvalue weighted by atomic mass is 10.0. The number of nitrogens with one attached hydrogen (secondary N) is 1. The Labute approximate surface area is 89.6 Å². The number of rotatable bonds is 1. The molecular formula is C10H19FN2S. The minimum absolute atomic E-state index is 0.190. The van der Waals surface area contributed by atoms with Crippen LogP contribution in [-0.2, 0) is 0 Å². The predicted molar refractivity (Wildman–Crippen MR) is 59.7 cm³/mol. The highest BCUT2D eigenvalue weighted by molar-refractivity contribution is 7.99. The van der Waals surface area contributed by atoms with Gasteiger partial charge in [-0.05, 0) is 31.7 Å². The van der Waals surface area contributed by atoms with E-state index in [0.717, 1.165) is 26.1 Å². The average Bonchev–Trinajstić information content (AvgIpc) is 2.47. The molecule has 0 aromatic heterocycles. The summed E-state index contributed by atoms with van der Waals surface area (Å²) in [5, 5.41) is 3.11. The fraction of sp³-hybridized carbons (Fsp3) is 1.00. The fourth-order valence-electron chi connectivity index (χ4n) is 2.32. The van der Waals surface area contributed by atoms with E-state index < -0.39 is 6.17 Å². The van der Waals surface area contributed by atoms with E-state index >= 15 is 0 Å². The predicted octanol–water partition coefficient (Wildman–Crippen LogP) is 1.13. The molecule has 2 nitrogen and oxygen atoms in total. The Balaban J connectivity index is 1.90. The van der Waals surface area contributed by atoms with Crippen LogP contribution in [-0.4, -0.2) is 54.8 Å². The first-order chi connectivity index (χ1) is 6.88. The molecule has 0 radical (unpaired) electrons. The second-order valence-corrected chi connectivity index (χ2v) is 5.30. The molecule has 82 valence electrons. The minimum Gasteiger partial charge on any atom is -0.314 e. The molecule has 0 spiro atoms. The summed E-state index contributed by atoms with van der Waals surface area (Å²) in [6.45, 7) is 3.71. The fourth-order valence-corrected chi connectivity index (χ4v) is 3.22. The van der Waals surface area contributed by atoms with Gasteiger partial charge in [0.25, 0.3) is 0 Å². The van der Waals surface area contributed by atoms with Crippen LogP contribution in [0.15, 0.2) is 0 Å². The van der Waals surface area contributed by atoms with Gasteiger partial charge in [0.05, 0.1) is 0 Å². The van der Waals surface area contributed by atoms with Gasteiger partial charge in [0.2, 0.25) is 0 Å². The van der Waals surface area contributed by atoms with Crippen LogP contribution in [0, 0.1) is 0 Å². The smallest absolute Gasteiger partial charge is 0.128 e. The van der Waals surface area contributed by atoms with Gasteiger partial charge in [-0.3, -0.25) is 4.90 Å². The first-order valence-corrected chi connectivity index (χ1v) is 6.70. The second kappa shape index (κ2) is 5.33. The molecule has 0 amide bonds. The van der Waals surface area contributed by atoms with Crippen molar-refractivity contribution in [3.05, 3.63) is 0 Å². The number of hydrogen-bond donors (Lipinski definition) is 1. The SMILES string of the molecule is FC1CNCCC1N1CCCSCC1. The average molecular weight is 218 g/mol. The highest BCUT2D eigenvalue weighted by Gasteiger charge is 2.29. The second-order valence-electron chi connectivity index (χ2n) is 4.08. The first-order valence-electron chi connectivity index (χ1n) is 5.54. The van der Waals surface area contributed by atoms with Crippen molar-refractivity contribution < 1.29 is 4.39 Å². The molecule has 2 fully saturated rings. The highest BCUT2D eigenvalue weighted by atomic mass is 32.2. The number of hydrogen-bond acceptors (Lipinski definition) is 3. The topological polar surface area (TPSA) is 15.3 Å². The third kappa shape index (κ3) is 2.61. The van der Waals surface area contributed by atoms with Crippen LogP contribution in [0.2, 0.25) is 0 Å². The van der Waals surface area contributed by atoms with Crippen molar-refractivity contribution in [2.45, 2.75) is 25.1 Å². The van der Waals surface area contributed by atoms with Crippen molar-refractivity contribution in [2.75, 3.05) is 37.7 Å². The summed E-state index contributed by atoms with van der Waals surface area (Å²) in [4.78, 5) is 2.37. The monoisotopic (exact) mass is 218 g/mol. The van der Waals surface area contributed by atoms with Gasteiger partial charge in [-0.1, -0.05) is 0 Å². The number of piperidine rings is 1. The maximum atomic E-state index is 13.7. The van der Waals surface area contributed by atoms with Gasteiger partial charge < -0.3 is 5.32 Å². The van der Waals surface area contributed by atoms with Crippen molar-refractivity contribution in [1.29, 1.82) is 0 Å². The van der Waals surface area contributed by atoms with Gasteiger partial charge in [0.1, 0.15) is 6.17 Å². The molecule has 2 rings (SSSR count). The third-order valence-electron chi connectivity index (χ3n) is 3.10. The van der Waals surface area contributed by atoms with Gasteiger partial charge in [-0.2, -0.15) is 11.8 Å². The number of nitrogens with zero attached hydrogens (tertiary/aromatic N) is 1. The van der Waals surface area contributed by atoms with Crippen LogP contribution >= 0.6 is 11.8 Å². The molecule has 14 heavy (non-hydrogen) atoms. The van der Waals surface area contributed by atoms with Gasteiger partial charge in [0.15, 0.2) is 0 Å². The lowest BCUT2D eigenvalue weighted by Crippen LogP contribution is -2.51. The van der Waals surface area contributed by atoms with Crippen molar-refractivity contribution in [2.24, 2.45) is 0 Å². The molecule has 1 N–H and O–H groups in total. The lowest BCUT2D eigenvalue weighted by Gasteiger charge is -2.36. The van der Waals surface area contributed by atoms with Crippen molar-refractivity contribution in [3.8, 4) is 0 Å². The van der Waals surface area contributed by atoms with Crippen molar-refractivity contribution >= 4 is 11.8 Å². The normalized spacial score (nSPS) is 36.6. The van der Waals surface area contributed by atoms with E-state index in [4.69, 9.17) is 0 Å². The van der Waals surface area contributed by atoms with E-state index in [9.17, 15) is 4.39 Å².